The predicted octanol–water partition coefficient (Wildman–Crippen LogP) is 6.43. The number of hydrogen-bond acceptors (Lipinski definition) is 8. The Morgan fingerprint density at radius 1 is 1.08 bits per heavy atom. The summed E-state index contributed by atoms with van der Waals surface area (Å²) in [5.41, 5.74) is 0.607. The summed E-state index contributed by atoms with van der Waals surface area (Å²) in [4.78, 5) is 28.5. The Balaban J connectivity index is 1.51. The zero-order chi connectivity index (χ0) is 37.1. The Bertz CT molecular complexity index is 1920. The van der Waals surface area contributed by atoms with E-state index in [9.17, 15) is 27.8 Å². The first-order chi connectivity index (χ1) is 24.0. The molecule has 1 saturated carbocycles. The summed E-state index contributed by atoms with van der Waals surface area (Å²) in [6.45, 7) is 5.28. The van der Waals surface area contributed by atoms with Crippen molar-refractivity contribution in [1.82, 2.24) is 9.62 Å². The van der Waals surface area contributed by atoms with Gasteiger partial charge >= 0.3 is 6.03 Å². The topological polar surface area (TPSA) is 164 Å². The predicted molar refractivity (Wildman–Crippen MR) is 195 cm³/mol. The van der Waals surface area contributed by atoms with Crippen molar-refractivity contribution in [3.05, 3.63) is 94.3 Å². The fraction of sp³-hybridized carbons (Fsp3) is 0.417. The molecule has 0 bridgehead atoms. The molecule has 1 heterocycles. The molecule has 1 aliphatic heterocycles. The molecule has 3 amide bonds. The fourth-order valence-electron chi connectivity index (χ4n) is 6.04. The molecule has 3 N–H and O–H groups in total. The van der Waals surface area contributed by atoms with E-state index in [0.29, 0.717) is 39.7 Å². The highest BCUT2D eigenvalue weighted by molar-refractivity contribution is 7.90. The molecule has 3 aromatic carbocycles. The summed E-state index contributed by atoms with van der Waals surface area (Å²) >= 11 is 4.35. The molecule has 272 valence electrons. The summed E-state index contributed by atoms with van der Waals surface area (Å²) in [6.07, 6.45) is 3.05. The van der Waals surface area contributed by atoms with Crippen LogP contribution in [0, 0.1) is 23.1 Å². The first kappa shape index (κ1) is 38.5. The minimum absolute atomic E-state index is 0.174. The second kappa shape index (κ2) is 15.5. The number of benzene rings is 3. The number of halogens is 2. The molecule has 1 aliphatic carbocycles. The Hall–Kier alpha value is -3.71. The van der Waals surface area contributed by atoms with Gasteiger partial charge in [-0.15, -0.1) is 4.72 Å². The van der Waals surface area contributed by atoms with Gasteiger partial charge in [0, 0.05) is 28.5 Å². The smallest absolute Gasteiger partial charge is 0.322 e. The van der Waals surface area contributed by atoms with Gasteiger partial charge in [-0.25, -0.2) is 9.18 Å². The van der Waals surface area contributed by atoms with Crippen LogP contribution in [0.2, 0.25) is 5.02 Å². The van der Waals surface area contributed by atoms with Crippen molar-refractivity contribution in [3.8, 4) is 6.07 Å². The number of nitrogens with zero attached hydrogens (tertiary/aromatic N) is 2. The number of anilines is 2. The van der Waals surface area contributed by atoms with Crippen molar-refractivity contribution in [3.63, 3.8) is 0 Å². The number of carbonyl (C=O) groups excluding carboxylic acids is 2. The standard InChI is InChI=1S/C36H41ClFN5O6S2/c1-35(2,3)50(46)42-36(17-16-23-8-9-23,25-7-5-6-24(18-25)21-39)26-10-15-30(38)31(19-26)41-33(44)32-20-29(49-51(4,47)48)22-43(32)34(45)40-28-13-11-27(37)12-14-28/h5-7,10-15,18-19,23,29,32,42H,8-9,16-17,20,22H2,1-4H3,(H,40,45)(H,41,44)/t29-,32-,36-,50-/m1/s1. The van der Waals surface area contributed by atoms with E-state index >= 15 is 4.39 Å². The summed E-state index contributed by atoms with van der Waals surface area (Å²) in [5.74, 6) is -1.05. The summed E-state index contributed by atoms with van der Waals surface area (Å²) in [6, 6.07) is 17.7. The molecule has 51 heavy (non-hydrogen) atoms. The molecule has 0 aromatic heterocycles. The van der Waals surface area contributed by atoms with Gasteiger partial charge in [0.25, 0.3) is 10.1 Å². The van der Waals surface area contributed by atoms with Crippen LogP contribution in [-0.2, 0) is 36.0 Å². The minimum Gasteiger partial charge on any atom is -0.598 e. The lowest BCUT2D eigenvalue weighted by atomic mass is 9.79. The van der Waals surface area contributed by atoms with Crippen LogP contribution in [0.1, 0.15) is 69.6 Å². The number of rotatable bonds is 12. The first-order valence-electron chi connectivity index (χ1n) is 16.5. The monoisotopic (exact) mass is 757 g/mol. The third kappa shape index (κ3) is 9.79. The normalized spacial score (nSPS) is 19.5. The van der Waals surface area contributed by atoms with Crippen molar-refractivity contribution >= 4 is 56.4 Å². The maximum absolute atomic E-state index is 15.6. The Morgan fingerprint density at radius 3 is 2.39 bits per heavy atom. The second-order valence-corrected chi connectivity index (χ2v) is 18.0. The van der Waals surface area contributed by atoms with Gasteiger partial charge in [0.2, 0.25) is 5.91 Å². The summed E-state index contributed by atoms with van der Waals surface area (Å²) < 4.78 is 61.2. The summed E-state index contributed by atoms with van der Waals surface area (Å²) in [7, 11) is -3.93. The molecule has 11 nitrogen and oxygen atoms in total. The van der Waals surface area contributed by atoms with Gasteiger partial charge in [-0.05, 0) is 99.2 Å². The Morgan fingerprint density at radius 2 is 1.76 bits per heavy atom. The number of urea groups is 1. The van der Waals surface area contributed by atoms with Crippen molar-refractivity contribution in [2.24, 2.45) is 5.92 Å². The van der Waals surface area contributed by atoms with E-state index in [-0.39, 0.29) is 18.7 Å². The second-order valence-electron chi connectivity index (χ2n) is 14.0. The van der Waals surface area contributed by atoms with Crippen LogP contribution in [-0.4, -0.2) is 59.5 Å². The number of hydrogen-bond donors (Lipinski definition) is 3. The maximum atomic E-state index is 15.6. The zero-order valence-corrected chi connectivity index (χ0v) is 31.1. The van der Waals surface area contributed by atoms with E-state index in [2.05, 4.69) is 21.4 Å². The fourth-order valence-corrected chi connectivity index (χ4v) is 7.76. The van der Waals surface area contributed by atoms with E-state index < -0.39 is 61.7 Å². The van der Waals surface area contributed by atoms with E-state index in [0.717, 1.165) is 30.4 Å². The molecule has 0 radical (unpaired) electrons. The molecule has 4 atom stereocenters. The number of nitrogens with one attached hydrogen (secondary N) is 3. The number of carbonyl (C=O) groups is 2. The average molecular weight is 758 g/mol. The van der Waals surface area contributed by atoms with Gasteiger partial charge in [-0.3, -0.25) is 8.98 Å². The quantitative estimate of drug-likeness (QED) is 0.141. The van der Waals surface area contributed by atoms with Crippen LogP contribution in [0.25, 0.3) is 0 Å². The van der Waals surface area contributed by atoms with Gasteiger partial charge in [0.15, 0.2) is 0 Å². The number of nitriles is 1. The molecule has 15 heteroatoms. The van der Waals surface area contributed by atoms with Crippen LogP contribution < -0.4 is 15.4 Å². The third-order valence-corrected chi connectivity index (χ3v) is 11.4. The third-order valence-electron chi connectivity index (χ3n) is 8.88. The molecule has 2 fully saturated rings. The van der Waals surface area contributed by atoms with Gasteiger partial charge in [0.1, 0.15) is 22.1 Å². The highest BCUT2D eigenvalue weighted by atomic mass is 35.5. The molecular weight excluding hydrogens is 717 g/mol. The van der Waals surface area contributed by atoms with Crippen molar-refractivity contribution in [2.45, 2.75) is 75.3 Å². The number of likely N-dealkylation sites (tertiary alicyclic amines) is 1. The van der Waals surface area contributed by atoms with Crippen LogP contribution in [0.3, 0.4) is 0 Å². The zero-order valence-electron chi connectivity index (χ0n) is 28.7. The van der Waals surface area contributed by atoms with E-state index in [1.54, 1.807) is 48.5 Å². The molecule has 1 saturated heterocycles. The van der Waals surface area contributed by atoms with Crippen molar-refractivity contribution in [2.75, 3.05) is 23.4 Å². The molecular formula is C36H41ClFN5O6S2. The lowest BCUT2D eigenvalue weighted by molar-refractivity contribution is -0.119. The highest BCUT2D eigenvalue weighted by Gasteiger charge is 2.45. The van der Waals surface area contributed by atoms with Crippen LogP contribution >= 0.6 is 11.6 Å². The van der Waals surface area contributed by atoms with Crippen LogP contribution in [0.5, 0.6) is 0 Å². The molecule has 0 spiro atoms. The molecule has 0 unspecified atom stereocenters. The first-order valence-corrected chi connectivity index (χ1v) is 19.8. The van der Waals surface area contributed by atoms with Gasteiger partial charge in [0.05, 0.1) is 36.2 Å². The SMILES string of the molecule is CC(C)(C)[S@@+]([O-])N[C@](CCC1CC1)(c1cccc(C#N)c1)c1ccc(F)c(NC(=O)[C@H]2C[C@@H](OS(C)(=O)=O)CN2C(=O)Nc2ccc(Cl)cc2)c1. The Labute approximate surface area is 306 Å². The van der Waals surface area contributed by atoms with E-state index in [4.69, 9.17) is 15.8 Å². The lowest BCUT2D eigenvalue weighted by Gasteiger charge is -2.39. The summed E-state index contributed by atoms with van der Waals surface area (Å²) in [5, 5.41) is 15.5. The molecule has 3 aromatic rings. The largest absolute Gasteiger partial charge is 0.598 e. The molecule has 2 aliphatic rings. The van der Waals surface area contributed by atoms with Crippen molar-refractivity contribution < 1.29 is 31.1 Å². The minimum atomic E-state index is -3.93. The lowest BCUT2D eigenvalue weighted by Crippen LogP contribution is -2.52. The number of amides is 3. The van der Waals surface area contributed by atoms with Crippen LogP contribution in [0.15, 0.2) is 66.7 Å². The van der Waals surface area contributed by atoms with Crippen molar-refractivity contribution in [1.29, 1.82) is 5.26 Å². The highest BCUT2D eigenvalue weighted by Crippen LogP contribution is 2.43. The van der Waals surface area contributed by atoms with Gasteiger partial charge in [-0.2, -0.15) is 13.7 Å². The average Bonchev–Trinajstić information content (AvgIpc) is 3.81. The van der Waals surface area contributed by atoms with Crippen LogP contribution in [0.4, 0.5) is 20.6 Å². The van der Waals surface area contributed by atoms with Gasteiger partial charge in [-0.1, -0.05) is 42.6 Å². The van der Waals surface area contributed by atoms with E-state index in [1.807, 2.05) is 26.8 Å². The molecule has 5 rings (SSSR count). The van der Waals surface area contributed by atoms with E-state index in [1.165, 1.54) is 12.1 Å². The Kier molecular flexibility index (Phi) is 11.7. The van der Waals surface area contributed by atoms with Gasteiger partial charge < -0.3 is 20.1 Å². The maximum Gasteiger partial charge on any atom is 0.322 e.